The lowest BCUT2D eigenvalue weighted by Crippen LogP contribution is -2.22. The molecule has 0 aliphatic rings. The monoisotopic (exact) mass is 287 g/mol. The van der Waals surface area contributed by atoms with Gasteiger partial charge in [-0.25, -0.2) is 4.79 Å². The van der Waals surface area contributed by atoms with E-state index in [1.54, 1.807) is 0 Å². The van der Waals surface area contributed by atoms with Crippen LogP contribution in [0.15, 0.2) is 33.8 Å². The summed E-state index contributed by atoms with van der Waals surface area (Å²) in [6, 6.07) is 5.56. The van der Waals surface area contributed by atoms with Crippen molar-refractivity contribution < 1.29 is 4.79 Å². The molecule has 6 heteroatoms. The highest BCUT2D eigenvalue weighted by Gasteiger charge is 2.09. The maximum atomic E-state index is 12.0. The fourth-order valence-corrected chi connectivity index (χ4v) is 2.89. The van der Waals surface area contributed by atoms with Gasteiger partial charge in [0.25, 0.3) is 5.91 Å². The second kappa shape index (κ2) is 4.97. The highest BCUT2D eigenvalue weighted by molar-refractivity contribution is 7.08. The minimum Gasteiger partial charge on any atom is -0.348 e. The number of carbonyl (C=O) groups excluding carboxylic acids is 1. The Labute approximate surface area is 118 Å². The number of fused-ring (bicyclic) bond motifs is 1. The predicted molar refractivity (Wildman–Crippen MR) is 79.1 cm³/mol. The summed E-state index contributed by atoms with van der Waals surface area (Å²) in [7, 11) is 0. The Morgan fingerprint density at radius 3 is 2.80 bits per heavy atom. The van der Waals surface area contributed by atoms with Crippen molar-refractivity contribution in [2.75, 3.05) is 0 Å². The lowest BCUT2D eigenvalue weighted by Gasteiger charge is -2.05. The van der Waals surface area contributed by atoms with Crippen molar-refractivity contribution in [3.05, 3.63) is 56.1 Å². The van der Waals surface area contributed by atoms with Crippen LogP contribution in [0.4, 0.5) is 0 Å². The quantitative estimate of drug-likeness (QED) is 0.690. The number of aryl methyl sites for hydroxylation is 1. The van der Waals surface area contributed by atoms with Crippen LogP contribution in [-0.4, -0.2) is 15.9 Å². The molecule has 0 saturated heterocycles. The molecule has 3 N–H and O–H groups in total. The van der Waals surface area contributed by atoms with Gasteiger partial charge in [0.15, 0.2) is 0 Å². The fourth-order valence-electron chi connectivity index (χ4n) is 2.06. The number of thiophene rings is 1. The first-order valence-corrected chi connectivity index (χ1v) is 7.09. The zero-order chi connectivity index (χ0) is 14.1. The third-order valence-electron chi connectivity index (χ3n) is 3.13. The molecular weight excluding hydrogens is 274 g/mol. The Kier molecular flexibility index (Phi) is 3.15. The van der Waals surface area contributed by atoms with Crippen LogP contribution in [0, 0.1) is 6.92 Å². The molecule has 0 radical (unpaired) electrons. The molecule has 20 heavy (non-hydrogen) atoms. The minimum atomic E-state index is -0.227. The van der Waals surface area contributed by atoms with Gasteiger partial charge in [-0.05, 0) is 35.6 Å². The van der Waals surface area contributed by atoms with E-state index in [0.29, 0.717) is 12.1 Å². The van der Waals surface area contributed by atoms with E-state index < -0.39 is 0 Å². The summed E-state index contributed by atoms with van der Waals surface area (Å²) in [6.45, 7) is 2.35. The van der Waals surface area contributed by atoms with Gasteiger partial charge >= 0.3 is 5.69 Å². The van der Waals surface area contributed by atoms with Gasteiger partial charge in [0.05, 0.1) is 16.6 Å². The van der Waals surface area contributed by atoms with Crippen LogP contribution in [-0.2, 0) is 6.54 Å². The van der Waals surface area contributed by atoms with Crippen LogP contribution in [0.1, 0.15) is 21.5 Å². The number of imidazole rings is 1. The van der Waals surface area contributed by atoms with E-state index in [1.165, 1.54) is 11.3 Å². The molecule has 2 aromatic heterocycles. The van der Waals surface area contributed by atoms with Crippen LogP contribution >= 0.6 is 11.3 Å². The Hall–Kier alpha value is -2.34. The lowest BCUT2D eigenvalue weighted by atomic mass is 10.2. The van der Waals surface area contributed by atoms with E-state index in [1.807, 2.05) is 35.9 Å². The van der Waals surface area contributed by atoms with Crippen LogP contribution in [0.3, 0.4) is 0 Å². The summed E-state index contributed by atoms with van der Waals surface area (Å²) in [5.74, 6) is -0.0774. The molecule has 5 nitrogen and oxygen atoms in total. The van der Waals surface area contributed by atoms with Gasteiger partial charge in [-0.3, -0.25) is 4.79 Å². The first kappa shape index (κ1) is 12.7. The highest BCUT2D eigenvalue weighted by atomic mass is 32.1. The molecule has 0 bridgehead atoms. The summed E-state index contributed by atoms with van der Waals surface area (Å²) >= 11 is 1.52. The normalized spacial score (nSPS) is 10.8. The molecule has 0 fully saturated rings. The average Bonchev–Trinajstić information content (AvgIpc) is 3.00. The summed E-state index contributed by atoms with van der Waals surface area (Å²) in [5.41, 5.74) is 3.92. The second-order valence-corrected chi connectivity index (χ2v) is 5.35. The molecule has 2 heterocycles. The number of aromatic nitrogens is 2. The number of nitrogens with one attached hydrogen (secondary N) is 3. The third kappa shape index (κ3) is 2.37. The van der Waals surface area contributed by atoms with Crippen LogP contribution < -0.4 is 11.0 Å². The van der Waals surface area contributed by atoms with Gasteiger partial charge < -0.3 is 15.3 Å². The van der Waals surface area contributed by atoms with E-state index in [2.05, 4.69) is 15.3 Å². The van der Waals surface area contributed by atoms with Crippen molar-refractivity contribution >= 4 is 28.3 Å². The molecule has 1 amide bonds. The van der Waals surface area contributed by atoms with Gasteiger partial charge in [0.2, 0.25) is 0 Å². The predicted octanol–water partition coefficient (Wildman–Crippen LogP) is 2.16. The maximum absolute atomic E-state index is 12.0. The number of amides is 1. The molecule has 102 valence electrons. The van der Waals surface area contributed by atoms with Crippen molar-refractivity contribution in [1.82, 2.24) is 15.3 Å². The number of benzene rings is 1. The Morgan fingerprint density at radius 1 is 1.25 bits per heavy atom. The number of carbonyl (C=O) groups is 1. The van der Waals surface area contributed by atoms with E-state index in [0.717, 1.165) is 22.2 Å². The van der Waals surface area contributed by atoms with E-state index >= 15 is 0 Å². The van der Waals surface area contributed by atoms with Crippen molar-refractivity contribution in [2.45, 2.75) is 13.5 Å². The molecule has 3 aromatic rings. The molecule has 0 aliphatic heterocycles. The zero-order valence-electron chi connectivity index (χ0n) is 10.8. The van der Waals surface area contributed by atoms with Crippen molar-refractivity contribution in [2.24, 2.45) is 0 Å². The minimum absolute atomic E-state index is 0.0774. The molecule has 0 atom stereocenters. The topological polar surface area (TPSA) is 77.8 Å². The largest absolute Gasteiger partial charge is 0.348 e. The lowest BCUT2D eigenvalue weighted by molar-refractivity contribution is 0.0951. The van der Waals surface area contributed by atoms with Crippen LogP contribution in [0.5, 0.6) is 0 Å². The SMILES string of the molecule is Cc1cscc1C(=O)NCc1ccc2[nH]c(=O)[nH]c2c1. The van der Waals surface area contributed by atoms with Crippen molar-refractivity contribution in [3.63, 3.8) is 0 Å². The molecule has 1 aromatic carbocycles. The van der Waals surface area contributed by atoms with Gasteiger partial charge in [0, 0.05) is 11.9 Å². The molecular formula is C14H13N3O2S. The number of aromatic amines is 2. The first-order chi connectivity index (χ1) is 9.63. The van der Waals surface area contributed by atoms with Crippen molar-refractivity contribution in [1.29, 1.82) is 0 Å². The fraction of sp³-hybridized carbons (Fsp3) is 0.143. The summed E-state index contributed by atoms with van der Waals surface area (Å²) in [5, 5.41) is 6.67. The number of hydrogen-bond donors (Lipinski definition) is 3. The average molecular weight is 287 g/mol. The van der Waals surface area contributed by atoms with Gasteiger partial charge in [-0.2, -0.15) is 11.3 Å². The van der Waals surface area contributed by atoms with Crippen molar-refractivity contribution in [3.8, 4) is 0 Å². The van der Waals surface area contributed by atoms with Gasteiger partial charge in [0.1, 0.15) is 0 Å². The molecule has 0 aliphatic carbocycles. The van der Waals surface area contributed by atoms with Gasteiger partial charge in [-0.1, -0.05) is 6.07 Å². The Morgan fingerprint density at radius 2 is 2.05 bits per heavy atom. The molecule has 0 unspecified atom stereocenters. The van der Waals surface area contributed by atoms with E-state index in [4.69, 9.17) is 0 Å². The van der Waals surface area contributed by atoms with E-state index in [9.17, 15) is 9.59 Å². The Balaban J connectivity index is 1.75. The van der Waals surface area contributed by atoms with Crippen LogP contribution in [0.25, 0.3) is 11.0 Å². The number of rotatable bonds is 3. The zero-order valence-corrected chi connectivity index (χ0v) is 11.6. The second-order valence-electron chi connectivity index (χ2n) is 4.61. The summed E-state index contributed by atoms with van der Waals surface area (Å²) in [4.78, 5) is 28.6. The number of hydrogen-bond acceptors (Lipinski definition) is 3. The molecule has 0 saturated carbocycles. The highest BCUT2D eigenvalue weighted by Crippen LogP contribution is 2.14. The van der Waals surface area contributed by atoms with Crippen LogP contribution in [0.2, 0.25) is 0 Å². The standard InChI is InChI=1S/C14H13N3O2S/c1-8-6-20-7-10(8)13(18)15-5-9-2-3-11-12(4-9)17-14(19)16-11/h2-4,6-7H,5H2,1H3,(H,15,18)(H2,16,17,19). The smallest absolute Gasteiger partial charge is 0.323 e. The Bertz CT molecular complexity index is 828. The third-order valence-corrected chi connectivity index (χ3v) is 4.00. The van der Waals surface area contributed by atoms with Gasteiger partial charge in [-0.15, -0.1) is 0 Å². The molecule has 3 rings (SSSR count). The number of H-pyrrole nitrogens is 2. The summed E-state index contributed by atoms with van der Waals surface area (Å²) < 4.78 is 0. The van der Waals surface area contributed by atoms with E-state index in [-0.39, 0.29) is 11.6 Å². The molecule has 0 spiro atoms. The first-order valence-electron chi connectivity index (χ1n) is 6.15. The maximum Gasteiger partial charge on any atom is 0.323 e. The summed E-state index contributed by atoms with van der Waals surface area (Å²) in [6.07, 6.45) is 0.